The Bertz CT molecular complexity index is 1300. The van der Waals surface area contributed by atoms with Crippen LogP contribution in [-0.4, -0.2) is 32.1 Å². The zero-order valence-electron chi connectivity index (χ0n) is 15.3. The lowest BCUT2D eigenvalue weighted by Gasteiger charge is -2.12. The molecule has 0 atom stereocenters. The van der Waals surface area contributed by atoms with Crippen LogP contribution in [0.15, 0.2) is 59.7 Å². The molecule has 0 aliphatic rings. The van der Waals surface area contributed by atoms with Gasteiger partial charge in [-0.3, -0.25) is 14.2 Å². The van der Waals surface area contributed by atoms with Gasteiger partial charge in [0.05, 0.1) is 11.9 Å². The predicted octanol–water partition coefficient (Wildman–Crippen LogP) is 1.90. The van der Waals surface area contributed by atoms with Crippen LogP contribution in [0.25, 0.3) is 11.3 Å². The molecule has 0 bridgehead atoms. The van der Waals surface area contributed by atoms with Crippen LogP contribution in [0, 0.1) is 5.82 Å². The van der Waals surface area contributed by atoms with Crippen molar-refractivity contribution in [2.24, 2.45) is 5.73 Å². The topological polar surface area (TPSA) is 119 Å². The third-order valence-corrected chi connectivity index (χ3v) is 4.32. The van der Waals surface area contributed by atoms with E-state index in [-0.39, 0.29) is 28.4 Å². The number of rotatable bonds is 5. The van der Waals surface area contributed by atoms with E-state index in [9.17, 15) is 14.0 Å². The standard InChI is InChI=1S/C19H16FN7O2/c1-22-16-9-15(25-18-11(17(21)28)10-23-27(16)18)24-13-6-4-8-26(19(13)29)14-7-3-2-5-12(14)20/h2-10,22H,1H3,(H2,21,28)(H,24,25). The average Bonchev–Trinajstić information content (AvgIpc) is 3.14. The molecule has 1 aromatic carbocycles. The zero-order valence-corrected chi connectivity index (χ0v) is 15.3. The number of halogens is 1. The first kappa shape index (κ1) is 18.2. The van der Waals surface area contributed by atoms with Crippen LogP contribution in [0.2, 0.25) is 0 Å². The van der Waals surface area contributed by atoms with Gasteiger partial charge >= 0.3 is 0 Å². The highest BCUT2D eigenvalue weighted by Crippen LogP contribution is 2.21. The van der Waals surface area contributed by atoms with Crippen molar-refractivity contribution >= 4 is 28.9 Å². The Hall–Kier alpha value is -4.21. The van der Waals surface area contributed by atoms with Crippen molar-refractivity contribution in [2.75, 3.05) is 17.7 Å². The Morgan fingerprint density at radius 1 is 1.21 bits per heavy atom. The molecule has 0 aliphatic heterocycles. The highest BCUT2D eigenvalue weighted by Gasteiger charge is 2.16. The fraction of sp³-hybridized carbons (Fsp3) is 0.0526. The SMILES string of the molecule is CNc1cc(Nc2cccn(-c3ccccc3F)c2=O)nc2c(C(N)=O)cnn12. The Labute approximate surface area is 163 Å². The maximum absolute atomic E-state index is 14.1. The van der Waals surface area contributed by atoms with E-state index in [1.165, 1.54) is 33.6 Å². The Morgan fingerprint density at radius 2 is 2.00 bits per heavy atom. The number of primary amides is 1. The number of anilines is 3. The molecule has 4 aromatic rings. The average molecular weight is 393 g/mol. The minimum atomic E-state index is -0.673. The number of aromatic nitrogens is 4. The van der Waals surface area contributed by atoms with Crippen molar-refractivity contribution < 1.29 is 9.18 Å². The Kier molecular flexibility index (Phi) is 4.43. The van der Waals surface area contributed by atoms with Crippen molar-refractivity contribution in [1.29, 1.82) is 0 Å². The molecule has 0 radical (unpaired) electrons. The molecule has 29 heavy (non-hydrogen) atoms. The van der Waals surface area contributed by atoms with Crippen LogP contribution < -0.4 is 21.9 Å². The summed E-state index contributed by atoms with van der Waals surface area (Å²) in [7, 11) is 1.68. The summed E-state index contributed by atoms with van der Waals surface area (Å²) in [6, 6.07) is 10.8. The summed E-state index contributed by atoms with van der Waals surface area (Å²) in [5.74, 6) is -0.383. The highest BCUT2D eigenvalue weighted by molar-refractivity contribution is 5.98. The normalized spacial score (nSPS) is 10.8. The van der Waals surface area contributed by atoms with Crippen LogP contribution >= 0.6 is 0 Å². The molecule has 0 unspecified atom stereocenters. The fourth-order valence-corrected chi connectivity index (χ4v) is 2.94. The summed E-state index contributed by atoms with van der Waals surface area (Å²) >= 11 is 0. The molecule has 0 fully saturated rings. The third kappa shape index (κ3) is 3.16. The Balaban J connectivity index is 1.81. The monoisotopic (exact) mass is 393 g/mol. The molecular formula is C19H16FN7O2. The second-order valence-corrected chi connectivity index (χ2v) is 6.11. The van der Waals surface area contributed by atoms with E-state index < -0.39 is 17.3 Å². The quantitative estimate of drug-likeness (QED) is 0.476. The summed E-state index contributed by atoms with van der Waals surface area (Å²) < 4.78 is 16.7. The van der Waals surface area contributed by atoms with Crippen LogP contribution in [0.3, 0.4) is 0 Å². The van der Waals surface area contributed by atoms with Gasteiger partial charge in [0.1, 0.15) is 28.7 Å². The first-order valence-electron chi connectivity index (χ1n) is 8.59. The van der Waals surface area contributed by atoms with Crippen molar-refractivity contribution in [1.82, 2.24) is 19.2 Å². The van der Waals surface area contributed by atoms with Gasteiger partial charge in [-0.2, -0.15) is 9.61 Å². The molecule has 1 amide bonds. The molecule has 146 valence electrons. The molecule has 4 rings (SSSR count). The number of amides is 1. The van der Waals surface area contributed by atoms with Gasteiger partial charge in [0, 0.05) is 19.3 Å². The molecule has 0 spiro atoms. The number of pyridine rings is 1. The molecule has 0 saturated carbocycles. The summed E-state index contributed by atoms with van der Waals surface area (Å²) in [4.78, 5) is 28.8. The van der Waals surface area contributed by atoms with E-state index in [0.717, 1.165) is 0 Å². The van der Waals surface area contributed by atoms with Crippen molar-refractivity contribution in [3.8, 4) is 5.69 Å². The van der Waals surface area contributed by atoms with Crippen LogP contribution in [0.1, 0.15) is 10.4 Å². The van der Waals surface area contributed by atoms with Gasteiger partial charge in [-0.1, -0.05) is 12.1 Å². The zero-order chi connectivity index (χ0) is 20.5. The lowest BCUT2D eigenvalue weighted by Crippen LogP contribution is -2.21. The maximum Gasteiger partial charge on any atom is 0.278 e. The largest absolute Gasteiger partial charge is 0.373 e. The molecule has 0 aliphatic carbocycles. The number of nitrogens with zero attached hydrogens (tertiary/aromatic N) is 4. The van der Waals surface area contributed by atoms with Crippen molar-refractivity contribution in [2.45, 2.75) is 0 Å². The lowest BCUT2D eigenvalue weighted by atomic mass is 10.3. The second-order valence-electron chi connectivity index (χ2n) is 6.11. The number of hydrogen-bond acceptors (Lipinski definition) is 6. The van der Waals surface area contributed by atoms with Gasteiger partial charge in [0.25, 0.3) is 11.5 Å². The molecule has 10 heteroatoms. The number of para-hydroxylation sites is 1. The van der Waals surface area contributed by atoms with Gasteiger partial charge in [0.2, 0.25) is 0 Å². The predicted molar refractivity (Wildman–Crippen MR) is 106 cm³/mol. The summed E-state index contributed by atoms with van der Waals surface area (Å²) in [5.41, 5.74) is 5.60. The van der Waals surface area contributed by atoms with Crippen molar-refractivity contribution in [3.63, 3.8) is 0 Å². The summed E-state index contributed by atoms with van der Waals surface area (Å²) in [6.07, 6.45) is 2.80. The fourth-order valence-electron chi connectivity index (χ4n) is 2.94. The minimum Gasteiger partial charge on any atom is -0.373 e. The number of fused-ring (bicyclic) bond motifs is 1. The molecule has 3 aromatic heterocycles. The van der Waals surface area contributed by atoms with Gasteiger partial charge in [0.15, 0.2) is 5.65 Å². The number of carbonyl (C=O) groups excluding carboxylic acids is 1. The molecule has 0 saturated heterocycles. The molecule has 4 N–H and O–H groups in total. The smallest absolute Gasteiger partial charge is 0.278 e. The van der Waals surface area contributed by atoms with E-state index in [0.29, 0.717) is 5.82 Å². The highest BCUT2D eigenvalue weighted by atomic mass is 19.1. The first-order chi connectivity index (χ1) is 14.0. The number of benzene rings is 1. The summed E-state index contributed by atoms with van der Waals surface area (Å²) in [5, 5.41) is 9.96. The van der Waals surface area contributed by atoms with Gasteiger partial charge in [-0.15, -0.1) is 0 Å². The van der Waals surface area contributed by atoms with E-state index in [1.54, 1.807) is 37.4 Å². The first-order valence-corrected chi connectivity index (χ1v) is 8.59. The van der Waals surface area contributed by atoms with Gasteiger partial charge < -0.3 is 16.4 Å². The number of carbonyl (C=O) groups is 1. The molecule has 9 nitrogen and oxygen atoms in total. The van der Waals surface area contributed by atoms with Crippen LogP contribution in [0.5, 0.6) is 0 Å². The van der Waals surface area contributed by atoms with Crippen LogP contribution in [0.4, 0.5) is 21.7 Å². The van der Waals surface area contributed by atoms with E-state index in [1.807, 2.05) is 0 Å². The second kappa shape index (κ2) is 7.08. The van der Waals surface area contributed by atoms with Gasteiger partial charge in [-0.05, 0) is 24.3 Å². The summed E-state index contributed by atoms with van der Waals surface area (Å²) in [6.45, 7) is 0. The maximum atomic E-state index is 14.1. The number of nitrogens with two attached hydrogens (primary N) is 1. The third-order valence-electron chi connectivity index (χ3n) is 4.32. The van der Waals surface area contributed by atoms with E-state index >= 15 is 0 Å². The van der Waals surface area contributed by atoms with Gasteiger partial charge in [-0.25, -0.2) is 9.37 Å². The lowest BCUT2D eigenvalue weighted by molar-refractivity contribution is 0.100. The molecular weight excluding hydrogens is 377 g/mol. The minimum absolute atomic E-state index is 0.132. The molecule has 3 heterocycles. The number of nitrogens with one attached hydrogen (secondary N) is 2. The van der Waals surface area contributed by atoms with E-state index in [2.05, 4.69) is 20.7 Å². The van der Waals surface area contributed by atoms with E-state index in [4.69, 9.17) is 5.73 Å². The van der Waals surface area contributed by atoms with Crippen LogP contribution in [-0.2, 0) is 0 Å². The number of hydrogen-bond donors (Lipinski definition) is 3. The van der Waals surface area contributed by atoms with Crippen molar-refractivity contribution in [3.05, 3.63) is 76.6 Å². The Morgan fingerprint density at radius 3 is 2.72 bits per heavy atom.